The summed E-state index contributed by atoms with van der Waals surface area (Å²) in [6, 6.07) is 19.5. The topological polar surface area (TPSA) is 72.5 Å². The summed E-state index contributed by atoms with van der Waals surface area (Å²) in [5, 5.41) is 0.560. The van der Waals surface area contributed by atoms with Gasteiger partial charge in [-0.05, 0) is 55.0 Å². The summed E-state index contributed by atoms with van der Waals surface area (Å²) in [6.45, 7) is 3.51. The van der Waals surface area contributed by atoms with Gasteiger partial charge < -0.3 is 24.1 Å². The third kappa shape index (κ3) is 4.45. The van der Waals surface area contributed by atoms with Gasteiger partial charge in [-0.15, -0.1) is 0 Å². The Balaban J connectivity index is 1.09. The highest BCUT2D eigenvalue weighted by molar-refractivity contribution is 6.33. The minimum Gasteiger partial charge on any atom is -0.456 e. The van der Waals surface area contributed by atoms with E-state index in [0.717, 1.165) is 36.2 Å². The van der Waals surface area contributed by atoms with E-state index in [9.17, 15) is 0 Å². The Labute approximate surface area is 220 Å². The van der Waals surface area contributed by atoms with E-state index in [1.54, 1.807) is 0 Å². The Kier molecular flexibility index (Phi) is 5.99. The number of H-pyrrole nitrogens is 1. The number of ether oxygens (including phenoxy) is 3. The van der Waals surface area contributed by atoms with Crippen LogP contribution >= 0.6 is 11.6 Å². The molecule has 3 aliphatic rings. The average Bonchev–Trinajstić information content (AvgIpc) is 3.66. The highest BCUT2D eigenvalue weighted by Gasteiger charge is 2.43. The quantitative estimate of drug-likeness (QED) is 0.357. The number of aromatic amines is 1. The zero-order valence-electron chi connectivity index (χ0n) is 20.5. The van der Waals surface area contributed by atoms with Crippen LogP contribution in [0.5, 0.6) is 6.01 Å². The standard InChI is InChI=1S/C29H29ClN4O3/c30-22-16-23-28(33-29(31-23)37-25-17-36-24-12-15-35-27(24)25)32-26(22)20-6-4-18(5-7-20)19-8-10-21(11-9-19)34-13-2-1-3-14-34/h4-11,16,24-25,27H,1-3,12-15,17H2,(H,31,32,33)/t24-,25?,27+/m1/s1. The lowest BCUT2D eigenvalue weighted by atomic mass is 10.0. The van der Waals surface area contributed by atoms with Crippen molar-refractivity contribution >= 4 is 28.5 Å². The second-order valence-corrected chi connectivity index (χ2v) is 10.5. The van der Waals surface area contributed by atoms with Crippen molar-refractivity contribution in [3.05, 3.63) is 59.6 Å². The van der Waals surface area contributed by atoms with Crippen molar-refractivity contribution in [1.29, 1.82) is 0 Å². The van der Waals surface area contributed by atoms with E-state index in [0.29, 0.717) is 35.6 Å². The highest BCUT2D eigenvalue weighted by Crippen LogP contribution is 2.33. The summed E-state index contributed by atoms with van der Waals surface area (Å²) in [5.74, 6) is 0. The molecule has 2 aromatic carbocycles. The first kappa shape index (κ1) is 23.0. The molecule has 190 valence electrons. The number of hydrogen-bond acceptors (Lipinski definition) is 6. The van der Waals surface area contributed by atoms with Crippen molar-refractivity contribution in [2.45, 2.75) is 44.0 Å². The van der Waals surface area contributed by atoms with Crippen LogP contribution in [-0.2, 0) is 9.47 Å². The van der Waals surface area contributed by atoms with E-state index in [1.165, 1.54) is 30.5 Å². The zero-order chi connectivity index (χ0) is 24.8. The number of anilines is 1. The van der Waals surface area contributed by atoms with Gasteiger partial charge >= 0.3 is 0 Å². The predicted molar refractivity (Wildman–Crippen MR) is 144 cm³/mol. The molecular weight excluding hydrogens is 488 g/mol. The number of hydrogen-bond donors (Lipinski definition) is 1. The van der Waals surface area contributed by atoms with Crippen LogP contribution < -0.4 is 9.64 Å². The molecule has 0 bridgehead atoms. The third-order valence-corrected chi connectivity index (χ3v) is 7.96. The largest absolute Gasteiger partial charge is 0.456 e. The number of piperidine rings is 1. The lowest BCUT2D eigenvalue weighted by Gasteiger charge is -2.28. The van der Waals surface area contributed by atoms with Gasteiger partial charge in [-0.25, -0.2) is 4.98 Å². The van der Waals surface area contributed by atoms with Crippen LogP contribution in [0.4, 0.5) is 5.69 Å². The summed E-state index contributed by atoms with van der Waals surface area (Å²) in [5.41, 5.74) is 6.60. The molecule has 1 N–H and O–H groups in total. The minimum atomic E-state index is -0.176. The third-order valence-electron chi connectivity index (χ3n) is 7.67. The fourth-order valence-corrected chi connectivity index (χ4v) is 5.93. The molecule has 37 heavy (non-hydrogen) atoms. The van der Waals surface area contributed by atoms with Crippen molar-refractivity contribution in [2.75, 3.05) is 31.2 Å². The summed E-state index contributed by atoms with van der Waals surface area (Å²) < 4.78 is 17.6. The van der Waals surface area contributed by atoms with E-state index in [1.807, 2.05) is 6.07 Å². The van der Waals surface area contributed by atoms with Gasteiger partial charge in [0.2, 0.25) is 0 Å². The Bertz CT molecular complexity index is 1400. The maximum Gasteiger partial charge on any atom is 0.296 e. The molecule has 2 aromatic heterocycles. The van der Waals surface area contributed by atoms with Crippen LogP contribution in [0.3, 0.4) is 0 Å². The molecule has 7 rings (SSSR count). The number of pyridine rings is 1. The first-order valence-corrected chi connectivity index (χ1v) is 13.5. The number of benzene rings is 2. The monoisotopic (exact) mass is 516 g/mol. The van der Waals surface area contributed by atoms with Crippen LogP contribution in [0.2, 0.25) is 5.02 Å². The number of rotatable bonds is 5. The molecule has 0 amide bonds. The van der Waals surface area contributed by atoms with Gasteiger partial charge in [-0.3, -0.25) is 0 Å². The predicted octanol–water partition coefficient (Wildman–Crippen LogP) is 5.87. The molecule has 3 aliphatic heterocycles. The van der Waals surface area contributed by atoms with Crippen molar-refractivity contribution < 1.29 is 14.2 Å². The van der Waals surface area contributed by atoms with Crippen LogP contribution in [0.1, 0.15) is 25.7 Å². The minimum absolute atomic E-state index is 0.0418. The second-order valence-electron chi connectivity index (χ2n) is 10.1. The number of imidazole rings is 1. The second kappa shape index (κ2) is 9.63. The fraction of sp³-hybridized carbons (Fsp3) is 0.379. The molecule has 5 heterocycles. The Morgan fingerprint density at radius 1 is 0.892 bits per heavy atom. The van der Waals surface area contributed by atoms with Gasteiger partial charge in [0.05, 0.1) is 28.9 Å². The molecule has 0 aliphatic carbocycles. The Morgan fingerprint density at radius 3 is 2.41 bits per heavy atom. The van der Waals surface area contributed by atoms with Gasteiger partial charge in [0.15, 0.2) is 11.8 Å². The van der Waals surface area contributed by atoms with Crippen molar-refractivity contribution in [3.8, 4) is 28.4 Å². The SMILES string of the molecule is Clc1cc2[nH]c(OC3CO[C@@H]4CCO[C@H]34)nc2nc1-c1ccc(-c2ccc(N3CCCCC3)cc2)cc1. The molecular formula is C29H29ClN4O3. The zero-order valence-corrected chi connectivity index (χ0v) is 21.3. The van der Waals surface area contributed by atoms with Gasteiger partial charge in [0.1, 0.15) is 6.10 Å². The van der Waals surface area contributed by atoms with Gasteiger partial charge in [-0.2, -0.15) is 4.98 Å². The van der Waals surface area contributed by atoms with Crippen LogP contribution in [-0.4, -0.2) is 59.6 Å². The number of aromatic nitrogens is 3. The molecule has 0 radical (unpaired) electrons. The lowest BCUT2D eigenvalue weighted by Crippen LogP contribution is -2.32. The van der Waals surface area contributed by atoms with E-state index >= 15 is 0 Å². The molecule has 3 fully saturated rings. The Morgan fingerprint density at radius 2 is 1.62 bits per heavy atom. The summed E-state index contributed by atoms with van der Waals surface area (Å²) >= 11 is 6.64. The molecule has 8 heteroatoms. The number of halogens is 1. The molecule has 0 spiro atoms. The lowest BCUT2D eigenvalue weighted by molar-refractivity contribution is 0.0273. The first-order chi connectivity index (χ1) is 18.2. The van der Waals surface area contributed by atoms with E-state index in [2.05, 4.69) is 63.4 Å². The molecule has 0 saturated carbocycles. The van der Waals surface area contributed by atoms with Crippen LogP contribution in [0, 0.1) is 0 Å². The van der Waals surface area contributed by atoms with E-state index in [-0.39, 0.29) is 18.3 Å². The maximum absolute atomic E-state index is 6.64. The fourth-order valence-electron chi connectivity index (χ4n) is 5.67. The normalized spacial score (nSPS) is 23.5. The molecule has 3 atom stereocenters. The summed E-state index contributed by atoms with van der Waals surface area (Å²) in [6.07, 6.45) is 4.71. The van der Waals surface area contributed by atoms with Crippen LogP contribution in [0.15, 0.2) is 54.6 Å². The summed E-state index contributed by atoms with van der Waals surface area (Å²) in [4.78, 5) is 15.0. The molecule has 7 nitrogen and oxygen atoms in total. The van der Waals surface area contributed by atoms with Gasteiger partial charge in [-0.1, -0.05) is 48.0 Å². The van der Waals surface area contributed by atoms with Crippen LogP contribution in [0.25, 0.3) is 33.5 Å². The average molecular weight is 517 g/mol. The van der Waals surface area contributed by atoms with Crippen molar-refractivity contribution in [3.63, 3.8) is 0 Å². The van der Waals surface area contributed by atoms with Crippen molar-refractivity contribution in [2.24, 2.45) is 0 Å². The smallest absolute Gasteiger partial charge is 0.296 e. The number of fused-ring (bicyclic) bond motifs is 2. The van der Waals surface area contributed by atoms with Gasteiger partial charge in [0.25, 0.3) is 6.01 Å². The first-order valence-electron chi connectivity index (χ1n) is 13.1. The number of nitrogens with one attached hydrogen (secondary N) is 1. The number of nitrogens with zero attached hydrogens (tertiary/aromatic N) is 3. The van der Waals surface area contributed by atoms with Gasteiger partial charge in [0, 0.05) is 30.9 Å². The highest BCUT2D eigenvalue weighted by atomic mass is 35.5. The van der Waals surface area contributed by atoms with Crippen molar-refractivity contribution in [1.82, 2.24) is 15.0 Å². The Hall–Kier alpha value is -3.13. The maximum atomic E-state index is 6.64. The van der Waals surface area contributed by atoms with E-state index < -0.39 is 0 Å². The molecule has 4 aromatic rings. The van der Waals surface area contributed by atoms with E-state index in [4.69, 9.17) is 30.8 Å². The molecule has 3 saturated heterocycles. The summed E-state index contributed by atoms with van der Waals surface area (Å²) in [7, 11) is 0. The molecule has 1 unspecified atom stereocenters.